The Balaban J connectivity index is 2.29. The molecule has 3 aromatic rings. The van der Waals surface area contributed by atoms with Crippen LogP contribution >= 0.6 is 11.3 Å². The standard InChI is InChI=1S/C12H7FN2O2S/c13-6-4-7(12(16)17)10-8(5-6)14-11(15-10)9-2-1-3-18-9/h1-5H,(H,14,15)(H,16,17). The van der Waals surface area contributed by atoms with Crippen molar-refractivity contribution >= 4 is 28.3 Å². The number of fused-ring (bicyclic) bond motifs is 1. The van der Waals surface area contributed by atoms with Crippen molar-refractivity contribution < 1.29 is 14.3 Å². The monoisotopic (exact) mass is 262 g/mol. The van der Waals surface area contributed by atoms with E-state index >= 15 is 0 Å². The Hall–Kier alpha value is -2.21. The lowest BCUT2D eigenvalue weighted by molar-refractivity contribution is 0.0698. The van der Waals surface area contributed by atoms with Crippen LogP contribution in [-0.2, 0) is 0 Å². The predicted octanol–water partition coefficient (Wildman–Crippen LogP) is 3.13. The lowest BCUT2D eigenvalue weighted by Crippen LogP contribution is -1.98. The van der Waals surface area contributed by atoms with Crippen LogP contribution in [0.1, 0.15) is 10.4 Å². The minimum Gasteiger partial charge on any atom is -0.478 e. The molecule has 0 fully saturated rings. The Bertz CT molecular complexity index is 734. The SMILES string of the molecule is O=C(O)c1cc(F)cc2[nH]c(-c3cccs3)nc12. The maximum atomic E-state index is 13.3. The zero-order valence-corrected chi connectivity index (χ0v) is 9.79. The molecule has 0 saturated carbocycles. The van der Waals surface area contributed by atoms with Crippen molar-refractivity contribution in [3.63, 3.8) is 0 Å². The smallest absolute Gasteiger partial charge is 0.338 e. The average molecular weight is 262 g/mol. The number of benzene rings is 1. The first-order valence-electron chi connectivity index (χ1n) is 5.11. The summed E-state index contributed by atoms with van der Waals surface area (Å²) in [6.07, 6.45) is 0. The molecule has 0 radical (unpaired) electrons. The lowest BCUT2D eigenvalue weighted by atomic mass is 10.2. The van der Waals surface area contributed by atoms with Gasteiger partial charge in [-0.05, 0) is 23.6 Å². The fourth-order valence-electron chi connectivity index (χ4n) is 1.78. The van der Waals surface area contributed by atoms with Crippen LogP contribution in [0.3, 0.4) is 0 Å². The molecule has 0 aliphatic heterocycles. The molecule has 0 amide bonds. The number of thiophene rings is 1. The van der Waals surface area contributed by atoms with Crippen LogP contribution in [0.5, 0.6) is 0 Å². The van der Waals surface area contributed by atoms with Gasteiger partial charge in [0.25, 0.3) is 0 Å². The highest BCUT2D eigenvalue weighted by Gasteiger charge is 2.15. The molecule has 0 aliphatic carbocycles. The number of aromatic carboxylic acids is 1. The molecule has 6 heteroatoms. The fraction of sp³-hybridized carbons (Fsp3) is 0. The van der Waals surface area contributed by atoms with Crippen molar-refractivity contribution in [1.29, 1.82) is 0 Å². The van der Waals surface area contributed by atoms with Gasteiger partial charge in [0.1, 0.15) is 17.2 Å². The summed E-state index contributed by atoms with van der Waals surface area (Å²) in [5, 5.41) is 10.9. The topological polar surface area (TPSA) is 66.0 Å². The minimum atomic E-state index is -1.19. The molecule has 0 unspecified atom stereocenters. The Labute approximate surface area is 105 Å². The van der Waals surface area contributed by atoms with Gasteiger partial charge >= 0.3 is 5.97 Å². The predicted molar refractivity (Wildman–Crippen MR) is 66.3 cm³/mol. The molecule has 0 atom stereocenters. The number of nitrogens with zero attached hydrogens (tertiary/aromatic N) is 1. The highest BCUT2D eigenvalue weighted by atomic mass is 32.1. The van der Waals surface area contributed by atoms with Crippen LogP contribution in [0.4, 0.5) is 4.39 Å². The van der Waals surface area contributed by atoms with Crippen molar-refractivity contribution in [3.05, 3.63) is 41.0 Å². The molecule has 3 rings (SSSR count). The number of halogens is 1. The van der Waals surface area contributed by atoms with Gasteiger partial charge in [-0.15, -0.1) is 11.3 Å². The molecule has 2 aromatic heterocycles. The van der Waals surface area contributed by atoms with Crippen molar-refractivity contribution in [3.8, 4) is 10.7 Å². The van der Waals surface area contributed by atoms with Gasteiger partial charge in [-0.2, -0.15) is 0 Å². The number of H-pyrrole nitrogens is 1. The molecule has 2 N–H and O–H groups in total. The summed E-state index contributed by atoms with van der Waals surface area (Å²) in [7, 11) is 0. The quantitative estimate of drug-likeness (QED) is 0.745. The summed E-state index contributed by atoms with van der Waals surface area (Å²) >= 11 is 1.47. The summed E-state index contributed by atoms with van der Waals surface area (Å²) < 4.78 is 13.3. The molecule has 90 valence electrons. The normalized spacial score (nSPS) is 10.9. The zero-order valence-electron chi connectivity index (χ0n) is 8.98. The van der Waals surface area contributed by atoms with Crippen LogP contribution in [0.2, 0.25) is 0 Å². The molecule has 0 bridgehead atoms. The molecule has 0 aliphatic rings. The lowest BCUT2D eigenvalue weighted by Gasteiger charge is -1.95. The Morgan fingerprint density at radius 2 is 2.28 bits per heavy atom. The largest absolute Gasteiger partial charge is 0.478 e. The summed E-state index contributed by atoms with van der Waals surface area (Å²) in [6, 6.07) is 5.95. The second kappa shape index (κ2) is 3.92. The van der Waals surface area contributed by atoms with Crippen molar-refractivity contribution in [2.75, 3.05) is 0 Å². The maximum Gasteiger partial charge on any atom is 0.338 e. The highest BCUT2D eigenvalue weighted by Crippen LogP contribution is 2.26. The number of aromatic nitrogens is 2. The summed E-state index contributed by atoms with van der Waals surface area (Å²) in [6.45, 7) is 0. The first-order valence-corrected chi connectivity index (χ1v) is 5.99. The van der Waals surface area contributed by atoms with E-state index in [2.05, 4.69) is 9.97 Å². The number of rotatable bonds is 2. The van der Waals surface area contributed by atoms with E-state index in [0.717, 1.165) is 10.9 Å². The van der Waals surface area contributed by atoms with Gasteiger partial charge in [-0.1, -0.05) is 6.07 Å². The first kappa shape index (κ1) is 10.9. The van der Waals surface area contributed by atoms with Gasteiger partial charge in [0.05, 0.1) is 16.0 Å². The number of nitrogens with one attached hydrogen (secondary N) is 1. The summed E-state index contributed by atoms with van der Waals surface area (Å²) in [4.78, 5) is 19.1. The van der Waals surface area contributed by atoms with Crippen LogP contribution in [0.15, 0.2) is 29.6 Å². The number of imidazole rings is 1. The van der Waals surface area contributed by atoms with E-state index in [0.29, 0.717) is 11.3 Å². The van der Waals surface area contributed by atoms with E-state index < -0.39 is 11.8 Å². The molecule has 2 heterocycles. The molecule has 0 spiro atoms. The van der Waals surface area contributed by atoms with Crippen molar-refractivity contribution in [2.45, 2.75) is 0 Å². The average Bonchev–Trinajstić information content (AvgIpc) is 2.95. The molecule has 18 heavy (non-hydrogen) atoms. The molecule has 0 saturated heterocycles. The van der Waals surface area contributed by atoms with E-state index in [9.17, 15) is 9.18 Å². The van der Waals surface area contributed by atoms with Crippen LogP contribution in [-0.4, -0.2) is 21.0 Å². The number of carbonyl (C=O) groups is 1. The Morgan fingerprint density at radius 3 is 2.94 bits per heavy atom. The minimum absolute atomic E-state index is 0.135. The number of hydrogen-bond donors (Lipinski definition) is 2. The maximum absolute atomic E-state index is 13.3. The van der Waals surface area contributed by atoms with Gasteiger partial charge in [0.2, 0.25) is 0 Å². The highest BCUT2D eigenvalue weighted by molar-refractivity contribution is 7.13. The molecular weight excluding hydrogens is 255 g/mol. The van der Waals surface area contributed by atoms with Crippen LogP contribution in [0, 0.1) is 5.82 Å². The van der Waals surface area contributed by atoms with Gasteiger partial charge < -0.3 is 10.1 Å². The summed E-state index contributed by atoms with van der Waals surface area (Å²) in [5.74, 6) is -1.24. The van der Waals surface area contributed by atoms with E-state index in [-0.39, 0.29) is 11.1 Å². The van der Waals surface area contributed by atoms with Crippen molar-refractivity contribution in [2.24, 2.45) is 0 Å². The van der Waals surface area contributed by atoms with Crippen LogP contribution < -0.4 is 0 Å². The third kappa shape index (κ3) is 1.67. The molecule has 4 nitrogen and oxygen atoms in total. The van der Waals surface area contributed by atoms with Gasteiger partial charge in [-0.25, -0.2) is 14.2 Å². The number of carboxylic acid groups (broad SMARTS) is 1. The van der Waals surface area contributed by atoms with E-state index in [1.165, 1.54) is 17.4 Å². The number of carboxylic acids is 1. The Morgan fingerprint density at radius 1 is 1.44 bits per heavy atom. The van der Waals surface area contributed by atoms with Crippen LogP contribution in [0.25, 0.3) is 21.7 Å². The zero-order chi connectivity index (χ0) is 12.7. The Kier molecular flexibility index (Phi) is 2.38. The van der Waals surface area contributed by atoms with Gasteiger partial charge in [0, 0.05) is 0 Å². The van der Waals surface area contributed by atoms with E-state index in [1.807, 2.05) is 17.5 Å². The fourth-order valence-corrected chi connectivity index (χ4v) is 2.44. The second-order valence-corrected chi connectivity index (χ2v) is 4.67. The number of hydrogen-bond acceptors (Lipinski definition) is 3. The first-order chi connectivity index (χ1) is 8.65. The van der Waals surface area contributed by atoms with Gasteiger partial charge in [0.15, 0.2) is 0 Å². The third-order valence-electron chi connectivity index (χ3n) is 2.54. The van der Waals surface area contributed by atoms with E-state index in [1.54, 1.807) is 0 Å². The summed E-state index contributed by atoms with van der Waals surface area (Å²) in [5.41, 5.74) is 0.521. The molecular formula is C12H7FN2O2S. The van der Waals surface area contributed by atoms with Crippen molar-refractivity contribution in [1.82, 2.24) is 9.97 Å². The van der Waals surface area contributed by atoms with E-state index in [4.69, 9.17) is 5.11 Å². The second-order valence-electron chi connectivity index (χ2n) is 3.72. The third-order valence-corrected chi connectivity index (χ3v) is 3.41. The molecule has 1 aromatic carbocycles. The number of aromatic amines is 1. The van der Waals surface area contributed by atoms with Gasteiger partial charge in [-0.3, -0.25) is 0 Å².